The number of nitrogens with one attached hydrogen (secondary N) is 2. The highest BCUT2D eigenvalue weighted by Gasteiger charge is 2.27. The molecule has 1 rings (SSSR count). The van der Waals surface area contributed by atoms with Crippen molar-refractivity contribution >= 4 is 6.03 Å². The van der Waals surface area contributed by atoms with E-state index in [9.17, 15) is 18.0 Å². The lowest BCUT2D eigenvalue weighted by molar-refractivity contribution is -0.122. The number of rotatable bonds is 4. The number of benzene rings is 1. The minimum Gasteiger partial charge on any atom is -0.338 e. The SMILES string of the molecule is Cc1cccc(CCNC(=O)NCC(F)(F)F)c1. The number of hydrogen-bond donors (Lipinski definition) is 2. The minimum absolute atomic E-state index is 0.299. The van der Waals surface area contributed by atoms with E-state index in [1.54, 1.807) is 5.32 Å². The van der Waals surface area contributed by atoms with Crippen molar-refractivity contribution in [2.24, 2.45) is 0 Å². The number of halogens is 3. The fourth-order valence-corrected chi connectivity index (χ4v) is 1.43. The molecule has 18 heavy (non-hydrogen) atoms. The number of carbonyl (C=O) groups is 1. The van der Waals surface area contributed by atoms with E-state index in [1.165, 1.54) is 0 Å². The molecule has 0 heterocycles. The minimum atomic E-state index is -4.38. The zero-order chi connectivity index (χ0) is 13.6. The summed E-state index contributed by atoms with van der Waals surface area (Å²) in [5.41, 5.74) is 2.14. The monoisotopic (exact) mass is 260 g/mol. The van der Waals surface area contributed by atoms with E-state index in [0.717, 1.165) is 11.1 Å². The Kier molecular flexibility index (Phi) is 5.00. The largest absolute Gasteiger partial charge is 0.405 e. The van der Waals surface area contributed by atoms with Gasteiger partial charge in [0.05, 0.1) is 0 Å². The van der Waals surface area contributed by atoms with Crippen LogP contribution in [0.4, 0.5) is 18.0 Å². The summed E-state index contributed by atoms with van der Waals surface area (Å²) in [4.78, 5) is 11.0. The van der Waals surface area contributed by atoms with Crippen molar-refractivity contribution in [3.63, 3.8) is 0 Å². The lowest BCUT2D eigenvalue weighted by Gasteiger charge is -2.09. The van der Waals surface area contributed by atoms with Crippen LogP contribution in [0.1, 0.15) is 11.1 Å². The van der Waals surface area contributed by atoms with E-state index in [4.69, 9.17) is 0 Å². The second-order valence-electron chi connectivity index (χ2n) is 3.96. The Morgan fingerprint density at radius 2 is 2.00 bits per heavy atom. The third-order valence-electron chi connectivity index (χ3n) is 2.23. The molecule has 0 spiro atoms. The molecule has 2 N–H and O–H groups in total. The average Bonchev–Trinajstić information content (AvgIpc) is 2.25. The van der Waals surface area contributed by atoms with Crippen LogP contribution in [0.3, 0.4) is 0 Å². The number of amides is 2. The quantitative estimate of drug-likeness (QED) is 0.857. The fourth-order valence-electron chi connectivity index (χ4n) is 1.43. The van der Waals surface area contributed by atoms with Gasteiger partial charge in [0.1, 0.15) is 6.54 Å². The second-order valence-corrected chi connectivity index (χ2v) is 3.96. The van der Waals surface area contributed by atoms with Crippen molar-refractivity contribution in [3.05, 3.63) is 35.4 Å². The van der Waals surface area contributed by atoms with E-state index < -0.39 is 18.8 Å². The third kappa shape index (κ3) is 6.12. The van der Waals surface area contributed by atoms with Gasteiger partial charge in [-0.05, 0) is 18.9 Å². The predicted molar refractivity (Wildman–Crippen MR) is 62.3 cm³/mol. The van der Waals surface area contributed by atoms with Gasteiger partial charge < -0.3 is 10.6 Å². The number of carbonyl (C=O) groups excluding carboxylic acids is 1. The van der Waals surface area contributed by atoms with Crippen LogP contribution in [0.15, 0.2) is 24.3 Å². The lowest BCUT2D eigenvalue weighted by atomic mass is 10.1. The standard InChI is InChI=1S/C12H15F3N2O/c1-9-3-2-4-10(7-9)5-6-16-11(18)17-8-12(13,14)15/h2-4,7H,5-6,8H2,1H3,(H2,16,17,18). The van der Waals surface area contributed by atoms with E-state index in [0.29, 0.717) is 13.0 Å². The molecule has 0 aliphatic rings. The van der Waals surface area contributed by atoms with Gasteiger partial charge in [0, 0.05) is 6.54 Å². The van der Waals surface area contributed by atoms with Crippen LogP contribution in [0, 0.1) is 6.92 Å². The van der Waals surface area contributed by atoms with Gasteiger partial charge in [-0.2, -0.15) is 13.2 Å². The third-order valence-corrected chi connectivity index (χ3v) is 2.23. The van der Waals surface area contributed by atoms with Gasteiger partial charge in [-0.25, -0.2) is 4.79 Å². The van der Waals surface area contributed by atoms with Gasteiger partial charge in [-0.1, -0.05) is 29.8 Å². The molecule has 0 fully saturated rings. The summed E-state index contributed by atoms with van der Waals surface area (Å²) >= 11 is 0. The molecule has 2 amide bonds. The summed E-state index contributed by atoms with van der Waals surface area (Å²) in [6, 6.07) is 6.92. The Labute approximate surface area is 103 Å². The van der Waals surface area contributed by atoms with E-state index >= 15 is 0 Å². The van der Waals surface area contributed by atoms with Gasteiger partial charge >= 0.3 is 12.2 Å². The summed E-state index contributed by atoms with van der Waals surface area (Å²) in [5.74, 6) is 0. The smallest absolute Gasteiger partial charge is 0.338 e. The highest BCUT2D eigenvalue weighted by atomic mass is 19.4. The van der Waals surface area contributed by atoms with E-state index in [1.807, 2.05) is 31.2 Å². The highest BCUT2D eigenvalue weighted by molar-refractivity contribution is 5.73. The van der Waals surface area contributed by atoms with E-state index in [-0.39, 0.29) is 0 Å². The molecule has 0 unspecified atom stereocenters. The highest BCUT2D eigenvalue weighted by Crippen LogP contribution is 2.11. The number of urea groups is 1. The van der Waals surface area contributed by atoms with Crippen molar-refractivity contribution in [1.82, 2.24) is 10.6 Å². The summed E-state index contributed by atoms with van der Waals surface area (Å²) in [6.45, 7) is 0.934. The maximum atomic E-state index is 11.8. The van der Waals surface area contributed by atoms with Crippen LogP contribution in [0.25, 0.3) is 0 Å². The molecule has 0 aliphatic heterocycles. The number of alkyl halides is 3. The maximum absolute atomic E-state index is 11.8. The Hall–Kier alpha value is -1.72. The molecule has 100 valence electrons. The van der Waals surface area contributed by atoms with Crippen LogP contribution in [-0.4, -0.2) is 25.3 Å². The lowest BCUT2D eigenvalue weighted by Crippen LogP contribution is -2.41. The Balaban J connectivity index is 2.23. The molecule has 1 aromatic rings. The topological polar surface area (TPSA) is 41.1 Å². The average molecular weight is 260 g/mol. The molecule has 1 aromatic carbocycles. The van der Waals surface area contributed by atoms with Crippen molar-refractivity contribution in [2.45, 2.75) is 19.5 Å². The molecule has 0 saturated carbocycles. The zero-order valence-corrected chi connectivity index (χ0v) is 9.97. The number of aryl methyl sites for hydroxylation is 1. The molecule has 0 bridgehead atoms. The van der Waals surface area contributed by atoms with Crippen molar-refractivity contribution in [2.75, 3.05) is 13.1 Å². The maximum Gasteiger partial charge on any atom is 0.405 e. The van der Waals surface area contributed by atoms with E-state index in [2.05, 4.69) is 5.32 Å². The van der Waals surface area contributed by atoms with Crippen molar-refractivity contribution < 1.29 is 18.0 Å². The van der Waals surface area contributed by atoms with Gasteiger partial charge in [-0.15, -0.1) is 0 Å². The summed E-state index contributed by atoms with van der Waals surface area (Å²) < 4.78 is 35.4. The molecule has 0 saturated heterocycles. The molecule has 0 aliphatic carbocycles. The summed E-state index contributed by atoms with van der Waals surface area (Å²) in [5, 5.41) is 4.12. The van der Waals surface area contributed by atoms with Crippen molar-refractivity contribution in [3.8, 4) is 0 Å². The van der Waals surface area contributed by atoms with Crippen LogP contribution in [0.5, 0.6) is 0 Å². The van der Waals surface area contributed by atoms with Crippen molar-refractivity contribution in [1.29, 1.82) is 0 Å². The van der Waals surface area contributed by atoms with Gasteiger partial charge in [0.2, 0.25) is 0 Å². The summed E-state index contributed by atoms with van der Waals surface area (Å²) in [7, 11) is 0. The molecule has 0 radical (unpaired) electrons. The second kappa shape index (κ2) is 6.28. The van der Waals surface area contributed by atoms with Crippen LogP contribution in [0.2, 0.25) is 0 Å². The van der Waals surface area contributed by atoms with Crippen LogP contribution < -0.4 is 10.6 Å². The van der Waals surface area contributed by atoms with Crippen LogP contribution >= 0.6 is 0 Å². The molecule has 3 nitrogen and oxygen atoms in total. The Morgan fingerprint density at radius 1 is 1.28 bits per heavy atom. The zero-order valence-electron chi connectivity index (χ0n) is 9.97. The first-order valence-corrected chi connectivity index (χ1v) is 5.51. The fraction of sp³-hybridized carbons (Fsp3) is 0.417. The summed E-state index contributed by atoms with van der Waals surface area (Å²) in [6.07, 6.45) is -3.80. The molecular weight excluding hydrogens is 245 g/mol. The molecular formula is C12H15F3N2O. The Morgan fingerprint density at radius 3 is 2.61 bits per heavy atom. The van der Waals surface area contributed by atoms with Gasteiger partial charge in [-0.3, -0.25) is 0 Å². The number of hydrogen-bond acceptors (Lipinski definition) is 1. The first-order valence-electron chi connectivity index (χ1n) is 5.51. The first kappa shape index (κ1) is 14.3. The molecule has 0 atom stereocenters. The van der Waals surface area contributed by atoms with Gasteiger partial charge in [0.15, 0.2) is 0 Å². The van der Waals surface area contributed by atoms with Crippen LogP contribution in [-0.2, 0) is 6.42 Å². The predicted octanol–water partition coefficient (Wildman–Crippen LogP) is 2.40. The first-order chi connectivity index (χ1) is 8.37. The Bertz CT molecular complexity index is 405. The van der Waals surface area contributed by atoms with Gasteiger partial charge in [0.25, 0.3) is 0 Å². The normalized spacial score (nSPS) is 11.1. The molecule has 6 heteroatoms. The molecule has 0 aromatic heterocycles.